The van der Waals surface area contributed by atoms with Crippen LogP contribution in [0, 0.1) is 5.82 Å². The van der Waals surface area contributed by atoms with E-state index in [1.54, 1.807) is 22.8 Å². The Balaban J connectivity index is 2.02. The zero-order valence-corrected chi connectivity index (χ0v) is 15.9. The number of nitrogens with zero attached hydrogens (tertiary/aromatic N) is 2. The van der Waals surface area contributed by atoms with Gasteiger partial charge in [0.1, 0.15) is 16.2 Å². The predicted octanol–water partition coefficient (Wildman–Crippen LogP) is 5.07. The smallest absolute Gasteiger partial charge is 0.357 e. The van der Waals surface area contributed by atoms with Crippen LogP contribution < -0.4 is 4.74 Å². The van der Waals surface area contributed by atoms with Crippen molar-refractivity contribution >= 4 is 33.5 Å². The van der Waals surface area contributed by atoms with Crippen LogP contribution in [0.1, 0.15) is 16.1 Å². The first kappa shape index (κ1) is 18.4. The second-order valence-corrected chi connectivity index (χ2v) is 6.48. The number of methoxy groups -OCH3 is 1. The van der Waals surface area contributed by atoms with Crippen molar-refractivity contribution in [1.82, 2.24) is 9.55 Å². The molecule has 26 heavy (non-hydrogen) atoms. The molecule has 0 bridgehead atoms. The van der Waals surface area contributed by atoms with E-state index in [0.29, 0.717) is 5.02 Å². The zero-order chi connectivity index (χ0) is 18.7. The Morgan fingerprint density at radius 2 is 2.00 bits per heavy atom. The standard InChI is InChI=1S/C18H13BrClFN2O3/c1-25-17(24)15-16(19)22-18(26-14-4-2-3-13(21)9-14)23(15)10-11-5-7-12(20)8-6-11/h2-9H,10H2,1H3. The fourth-order valence-corrected chi connectivity index (χ4v) is 2.98. The molecule has 0 amide bonds. The van der Waals surface area contributed by atoms with E-state index in [1.807, 2.05) is 12.1 Å². The lowest BCUT2D eigenvalue weighted by molar-refractivity contribution is 0.0586. The van der Waals surface area contributed by atoms with Gasteiger partial charge in [0.25, 0.3) is 0 Å². The first-order valence-corrected chi connectivity index (χ1v) is 8.67. The van der Waals surface area contributed by atoms with E-state index >= 15 is 0 Å². The molecule has 0 atom stereocenters. The van der Waals surface area contributed by atoms with Crippen molar-refractivity contribution in [3.8, 4) is 11.8 Å². The highest BCUT2D eigenvalue weighted by Crippen LogP contribution is 2.29. The number of benzene rings is 2. The average molecular weight is 440 g/mol. The lowest BCUT2D eigenvalue weighted by Gasteiger charge is -2.11. The lowest BCUT2D eigenvalue weighted by Crippen LogP contribution is -2.13. The number of ether oxygens (including phenoxy) is 2. The van der Waals surface area contributed by atoms with Gasteiger partial charge >= 0.3 is 12.0 Å². The molecule has 3 rings (SSSR count). The first-order valence-electron chi connectivity index (χ1n) is 7.50. The van der Waals surface area contributed by atoms with Crippen molar-refractivity contribution in [3.05, 3.63) is 75.2 Å². The maximum atomic E-state index is 13.4. The van der Waals surface area contributed by atoms with Gasteiger partial charge < -0.3 is 9.47 Å². The maximum Gasteiger partial charge on any atom is 0.357 e. The number of halogens is 3. The number of imidazole rings is 1. The van der Waals surface area contributed by atoms with Crippen LogP contribution >= 0.6 is 27.5 Å². The summed E-state index contributed by atoms with van der Waals surface area (Å²) in [5.41, 5.74) is 1.06. The van der Waals surface area contributed by atoms with Crippen molar-refractivity contribution in [2.45, 2.75) is 6.54 Å². The molecule has 0 saturated heterocycles. The summed E-state index contributed by atoms with van der Waals surface area (Å²) in [6, 6.07) is 12.9. The molecule has 8 heteroatoms. The Morgan fingerprint density at radius 3 is 2.65 bits per heavy atom. The number of carbonyl (C=O) groups excluding carboxylic acids is 1. The predicted molar refractivity (Wildman–Crippen MR) is 98.3 cm³/mol. The minimum absolute atomic E-state index is 0.123. The Hall–Kier alpha value is -2.38. The fraction of sp³-hybridized carbons (Fsp3) is 0.111. The van der Waals surface area contributed by atoms with Crippen LogP contribution in [0.25, 0.3) is 0 Å². The summed E-state index contributed by atoms with van der Waals surface area (Å²) in [4.78, 5) is 16.4. The third kappa shape index (κ3) is 4.05. The molecule has 0 unspecified atom stereocenters. The molecule has 3 aromatic rings. The molecule has 0 saturated carbocycles. The molecule has 0 aliphatic heterocycles. The molecule has 1 heterocycles. The van der Waals surface area contributed by atoms with E-state index in [0.717, 1.165) is 5.56 Å². The van der Waals surface area contributed by atoms with Crippen LogP contribution in [0.15, 0.2) is 53.1 Å². The summed E-state index contributed by atoms with van der Waals surface area (Å²) in [6.07, 6.45) is 0. The van der Waals surface area contributed by atoms with Gasteiger partial charge in [0.05, 0.1) is 13.7 Å². The molecule has 134 valence electrons. The highest BCUT2D eigenvalue weighted by Gasteiger charge is 2.24. The van der Waals surface area contributed by atoms with Crippen molar-refractivity contribution in [1.29, 1.82) is 0 Å². The molecule has 0 radical (unpaired) electrons. The Bertz CT molecular complexity index is 944. The number of hydrogen-bond donors (Lipinski definition) is 0. The Kier molecular flexibility index (Phi) is 5.58. The Morgan fingerprint density at radius 1 is 1.27 bits per heavy atom. The van der Waals surface area contributed by atoms with Gasteiger partial charge in [-0.05, 0) is 45.8 Å². The minimum Gasteiger partial charge on any atom is -0.464 e. The van der Waals surface area contributed by atoms with Gasteiger partial charge in [0, 0.05) is 11.1 Å². The van der Waals surface area contributed by atoms with E-state index in [4.69, 9.17) is 21.1 Å². The monoisotopic (exact) mass is 438 g/mol. The normalized spacial score (nSPS) is 10.6. The van der Waals surface area contributed by atoms with Crippen molar-refractivity contribution in [2.75, 3.05) is 7.11 Å². The van der Waals surface area contributed by atoms with E-state index < -0.39 is 11.8 Å². The first-order chi connectivity index (χ1) is 12.5. The Labute approximate surface area is 162 Å². The number of rotatable bonds is 5. The van der Waals surface area contributed by atoms with Gasteiger partial charge in [-0.1, -0.05) is 29.8 Å². The molecule has 1 aromatic heterocycles. The topological polar surface area (TPSA) is 53.4 Å². The van der Waals surface area contributed by atoms with Crippen LogP contribution in [-0.4, -0.2) is 22.6 Å². The lowest BCUT2D eigenvalue weighted by atomic mass is 10.2. The van der Waals surface area contributed by atoms with Crippen LogP contribution in [0.3, 0.4) is 0 Å². The van der Waals surface area contributed by atoms with Gasteiger partial charge in [-0.3, -0.25) is 4.57 Å². The third-order valence-corrected chi connectivity index (χ3v) is 4.33. The largest absolute Gasteiger partial charge is 0.464 e. The van der Waals surface area contributed by atoms with Crippen LogP contribution in [0.4, 0.5) is 4.39 Å². The third-order valence-electron chi connectivity index (χ3n) is 3.53. The summed E-state index contributed by atoms with van der Waals surface area (Å²) in [5, 5.41) is 0.602. The maximum absolute atomic E-state index is 13.4. The molecule has 0 aliphatic carbocycles. The van der Waals surface area contributed by atoms with Crippen LogP contribution in [0.5, 0.6) is 11.8 Å². The van der Waals surface area contributed by atoms with Gasteiger partial charge in [-0.2, -0.15) is 4.98 Å². The number of aromatic nitrogens is 2. The summed E-state index contributed by atoms with van der Waals surface area (Å²) in [7, 11) is 1.28. The van der Waals surface area contributed by atoms with Crippen LogP contribution in [-0.2, 0) is 11.3 Å². The summed E-state index contributed by atoms with van der Waals surface area (Å²) >= 11 is 9.17. The molecule has 2 aromatic carbocycles. The molecular weight excluding hydrogens is 427 g/mol. The fourth-order valence-electron chi connectivity index (χ4n) is 2.33. The minimum atomic E-state index is -0.576. The highest BCUT2D eigenvalue weighted by atomic mass is 79.9. The van der Waals surface area contributed by atoms with Gasteiger partial charge in [-0.15, -0.1) is 0 Å². The number of hydrogen-bond acceptors (Lipinski definition) is 4. The second kappa shape index (κ2) is 7.88. The number of esters is 1. The summed E-state index contributed by atoms with van der Waals surface area (Å²) < 4.78 is 25.8. The zero-order valence-electron chi connectivity index (χ0n) is 13.6. The number of carbonyl (C=O) groups is 1. The average Bonchev–Trinajstić information content (AvgIpc) is 2.91. The molecule has 5 nitrogen and oxygen atoms in total. The quantitative estimate of drug-likeness (QED) is 0.521. The van der Waals surface area contributed by atoms with Crippen LogP contribution in [0.2, 0.25) is 5.02 Å². The second-order valence-electron chi connectivity index (χ2n) is 5.30. The van der Waals surface area contributed by atoms with Crippen molar-refractivity contribution in [3.63, 3.8) is 0 Å². The molecular formula is C18H13BrClFN2O3. The van der Waals surface area contributed by atoms with Crippen molar-refractivity contribution < 1.29 is 18.7 Å². The van der Waals surface area contributed by atoms with Crippen molar-refractivity contribution in [2.24, 2.45) is 0 Å². The van der Waals surface area contributed by atoms with Gasteiger partial charge in [-0.25, -0.2) is 9.18 Å². The SMILES string of the molecule is COC(=O)c1c(Br)nc(Oc2cccc(F)c2)n1Cc1ccc(Cl)cc1. The van der Waals surface area contributed by atoms with E-state index in [2.05, 4.69) is 20.9 Å². The highest BCUT2D eigenvalue weighted by molar-refractivity contribution is 9.10. The van der Waals surface area contributed by atoms with E-state index in [9.17, 15) is 9.18 Å². The molecule has 0 aliphatic rings. The summed E-state index contributed by atoms with van der Waals surface area (Å²) in [5.74, 6) is -0.755. The van der Waals surface area contributed by atoms with E-state index in [1.165, 1.54) is 25.3 Å². The van der Waals surface area contributed by atoms with Gasteiger partial charge in [0.15, 0.2) is 5.69 Å². The van der Waals surface area contributed by atoms with E-state index in [-0.39, 0.29) is 28.6 Å². The molecule has 0 spiro atoms. The molecule has 0 N–H and O–H groups in total. The molecule has 0 fully saturated rings. The van der Waals surface area contributed by atoms with Gasteiger partial charge in [0.2, 0.25) is 0 Å². The summed E-state index contributed by atoms with van der Waals surface area (Å²) in [6.45, 7) is 0.283.